The molecular weight excluding hydrogens is 306 g/mol. The summed E-state index contributed by atoms with van der Waals surface area (Å²) in [7, 11) is 0. The molecule has 0 radical (unpaired) electrons. The van der Waals surface area contributed by atoms with Gasteiger partial charge in [-0.1, -0.05) is 0 Å². The van der Waals surface area contributed by atoms with Crippen LogP contribution in [0.4, 0.5) is 0 Å². The van der Waals surface area contributed by atoms with Crippen LogP contribution in [0.5, 0.6) is 5.75 Å². The summed E-state index contributed by atoms with van der Waals surface area (Å²) >= 11 is 0. The molecule has 0 bridgehead atoms. The van der Waals surface area contributed by atoms with Crippen LogP contribution in [0.3, 0.4) is 0 Å². The highest BCUT2D eigenvalue weighted by Gasteiger charge is 2.28. The van der Waals surface area contributed by atoms with Gasteiger partial charge >= 0.3 is 5.97 Å². The summed E-state index contributed by atoms with van der Waals surface area (Å²) in [5, 5.41) is 9.06. The van der Waals surface area contributed by atoms with Gasteiger partial charge in [-0.05, 0) is 45.0 Å². The number of likely N-dealkylation sites (tertiary alicyclic amines) is 1. The lowest BCUT2D eigenvalue weighted by Crippen LogP contribution is -2.23. The van der Waals surface area contributed by atoms with Crippen molar-refractivity contribution < 1.29 is 19.4 Å². The van der Waals surface area contributed by atoms with Crippen molar-refractivity contribution in [3.8, 4) is 5.75 Å². The van der Waals surface area contributed by atoms with Gasteiger partial charge in [-0.25, -0.2) is 0 Å². The molecule has 1 heterocycles. The van der Waals surface area contributed by atoms with Crippen molar-refractivity contribution in [3.05, 3.63) is 29.3 Å². The summed E-state index contributed by atoms with van der Waals surface area (Å²) in [5.41, 5.74) is 1.60. The highest BCUT2D eigenvalue weighted by atomic mass is 35.5. The normalized spacial score (nSPS) is 17.8. The highest BCUT2D eigenvalue weighted by Crippen LogP contribution is 2.25. The van der Waals surface area contributed by atoms with E-state index in [1.807, 2.05) is 19.1 Å². The molecule has 1 aliphatic heterocycles. The molecule has 122 valence electrons. The van der Waals surface area contributed by atoms with Crippen molar-refractivity contribution in [2.45, 2.75) is 26.8 Å². The summed E-state index contributed by atoms with van der Waals surface area (Å²) in [6, 6.07) is 5.43. The largest absolute Gasteiger partial charge is 0.494 e. The fourth-order valence-electron chi connectivity index (χ4n) is 2.64. The Labute approximate surface area is 136 Å². The molecular formula is C16H22ClNO4. The molecule has 1 atom stereocenters. The molecule has 1 unspecified atom stereocenters. The fourth-order valence-corrected chi connectivity index (χ4v) is 2.64. The SMILES string of the molecule is CCOc1ccc(C(C)=O)cc1CN1CCC(C(=O)O)C1.Cl. The molecule has 0 amide bonds. The van der Waals surface area contributed by atoms with Gasteiger partial charge in [0, 0.05) is 24.2 Å². The lowest BCUT2D eigenvalue weighted by Gasteiger charge is -2.18. The third-order valence-electron chi connectivity index (χ3n) is 3.78. The van der Waals surface area contributed by atoms with Crippen molar-refractivity contribution in [2.24, 2.45) is 5.92 Å². The molecule has 1 saturated heterocycles. The van der Waals surface area contributed by atoms with Crippen molar-refractivity contribution in [1.82, 2.24) is 4.90 Å². The number of hydrogen-bond donors (Lipinski definition) is 1. The molecule has 1 fully saturated rings. The lowest BCUT2D eigenvalue weighted by molar-refractivity contribution is -0.141. The van der Waals surface area contributed by atoms with E-state index in [9.17, 15) is 9.59 Å². The molecule has 1 aromatic rings. The number of hydrogen-bond acceptors (Lipinski definition) is 4. The Hall–Kier alpha value is -1.59. The number of nitrogens with zero attached hydrogens (tertiary/aromatic N) is 1. The number of carbonyl (C=O) groups is 2. The van der Waals surface area contributed by atoms with Gasteiger partial charge in [0.05, 0.1) is 12.5 Å². The zero-order valence-electron chi connectivity index (χ0n) is 12.9. The number of carbonyl (C=O) groups excluding carboxylic acids is 1. The predicted octanol–water partition coefficient (Wildman–Crippen LogP) is 2.62. The second kappa shape index (κ2) is 8.15. The lowest BCUT2D eigenvalue weighted by atomic mass is 10.1. The molecule has 1 N–H and O–H groups in total. The predicted molar refractivity (Wildman–Crippen MR) is 85.9 cm³/mol. The van der Waals surface area contributed by atoms with E-state index in [1.165, 1.54) is 6.92 Å². The number of carboxylic acid groups (broad SMARTS) is 1. The zero-order valence-corrected chi connectivity index (χ0v) is 13.7. The Kier molecular flexibility index (Phi) is 6.84. The van der Waals surface area contributed by atoms with Gasteiger partial charge in [-0.15, -0.1) is 12.4 Å². The second-order valence-corrected chi connectivity index (χ2v) is 5.37. The van der Waals surface area contributed by atoms with E-state index in [0.29, 0.717) is 31.7 Å². The van der Waals surface area contributed by atoms with Crippen LogP contribution in [-0.4, -0.2) is 41.5 Å². The zero-order chi connectivity index (χ0) is 15.4. The van der Waals surface area contributed by atoms with E-state index in [-0.39, 0.29) is 24.1 Å². The molecule has 2 rings (SSSR count). The van der Waals surface area contributed by atoms with Crippen LogP contribution < -0.4 is 4.74 Å². The topological polar surface area (TPSA) is 66.8 Å². The monoisotopic (exact) mass is 327 g/mol. The number of Topliss-reactive ketones (excluding diaryl/α,β-unsaturated/α-hetero) is 1. The third-order valence-corrected chi connectivity index (χ3v) is 3.78. The van der Waals surface area contributed by atoms with Crippen molar-refractivity contribution in [1.29, 1.82) is 0 Å². The summed E-state index contributed by atoms with van der Waals surface area (Å²) < 4.78 is 5.60. The minimum Gasteiger partial charge on any atom is -0.494 e. The van der Waals surface area contributed by atoms with Gasteiger partial charge < -0.3 is 9.84 Å². The van der Waals surface area contributed by atoms with Gasteiger partial charge in [-0.3, -0.25) is 14.5 Å². The van der Waals surface area contributed by atoms with Crippen LogP contribution in [0.2, 0.25) is 0 Å². The Morgan fingerprint density at radius 2 is 2.14 bits per heavy atom. The van der Waals surface area contributed by atoms with Gasteiger partial charge in [0.15, 0.2) is 5.78 Å². The van der Waals surface area contributed by atoms with Crippen LogP contribution in [0.15, 0.2) is 18.2 Å². The Morgan fingerprint density at radius 1 is 1.41 bits per heavy atom. The minimum atomic E-state index is -0.736. The van der Waals surface area contributed by atoms with Crippen LogP contribution in [0.1, 0.15) is 36.2 Å². The molecule has 6 heteroatoms. The van der Waals surface area contributed by atoms with Gasteiger partial charge in [0.2, 0.25) is 0 Å². The first-order valence-corrected chi connectivity index (χ1v) is 7.23. The van der Waals surface area contributed by atoms with Crippen molar-refractivity contribution in [2.75, 3.05) is 19.7 Å². The number of aliphatic carboxylic acids is 1. The Bertz CT molecular complexity index is 547. The van der Waals surface area contributed by atoms with E-state index in [0.717, 1.165) is 17.9 Å². The van der Waals surface area contributed by atoms with Crippen LogP contribution in [0, 0.1) is 5.92 Å². The summed E-state index contributed by atoms with van der Waals surface area (Å²) in [6.45, 7) is 5.93. The van der Waals surface area contributed by atoms with E-state index in [4.69, 9.17) is 9.84 Å². The first-order chi connectivity index (χ1) is 10.0. The standard InChI is InChI=1S/C16H21NO4.ClH/c1-3-21-15-5-4-12(11(2)18)8-14(15)10-17-7-6-13(9-17)16(19)20;/h4-5,8,13H,3,6-7,9-10H2,1-2H3,(H,19,20);1H. The maximum atomic E-state index is 11.5. The second-order valence-electron chi connectivity index (χ2n) is 5.37. The molecule has 1 aromatic carbocycles. The number of rotatable bonds is 6. The molecule has 0 spiro atoms. The molecule has 0 saturated carbocycles. The molecule has 0 aliphatic carbocycles. The van der Waals surface area contributed by atoms with Crippen molar-refractivity contribution >= 4 is 24.2 Å². The number of ketones is 1. The number of ether oxygens (including phenoxy) is 1. The van der Waals surface area contributed by atoms with E-state index in [2.05, 4.69) is 4.90 Å². The first-order valence-electron chi connectivity index (χ1n) is 7.23. The average molecular weight is 328 g/mol. The van der Waals surface area contributed by atoms with E-state index >= 15 is 0 Å². The summed E-state index contributed by atoms with van der Waals surface area (Å²) in [4.78, 5) is 24.6. The molecule has 5 nitrogen and oxygen atoms in total. The van der Waals surface area contributed by atoms with Crippen LogP contribution >= 0.6 is 12.4 Å². The smallest absolute Gasteiger partial charge is 0.307 e. The Balaban J connectivity index is 0.00000242. The number of carboxylic acids is 1. The van der Waals surface area contributed by atoms with Gasteiger partial charge in [0.25, 0.3) is 0 Å². The quantitative estimate of drug-likeness (QED) is 0.813. The van der Waals surface area contributed by atoms with Crippen LogP contribution in [0.25, 0.3) is 0 Å². The van der Waals surface area contributed by atoms with Crippen LogP contribution in [-0.2, 0) is 11.3 Å². The molecule has 0 aromatic heterocycles. The maximum Gasteiger partial charge on any atom is 0.307 e. The molecule has 1 aliphatic rings. The highest BCUT2D eigenvalue weighted by molar-refractivity contribution is 5.94. The first kappa shape index (κ1) is 18.5. The maximum absolute atomic E-state index is 11.5. The minimum absolute atomic E-state index is 0. The van der Waals surface area contributed by atoms with Gasteiger partial charge in [-0.2, -0.15) is 0 Å². The fraction of sp³-hybridized carbons (Fsp3) is 0.500. The average Bonchev–Trinajstić information content (AvgIpc) is 2.89. The third kappa shape index (κ3) is 4.45. The van der Waals surface area contributed by atoms with Gasteiger partial charge in [0.1, 0.15) is 5.75 Å². The summed E-state index contributed by atoms with van der Waals surface area (Å²) in [6.07, 6.45) is 0.672. The van der Waals surface area contributed by atoms with Crippen molar-refractivity contribution in [3.63, 3.8) is 0 Å². The molecule has 22 heavy (non-hydrogen) atoms. The van der Waals surface area contributed by atoms with E-state index in [1.54, 1.807) is 6.07 Å². The summed E-state index contributed by atoms with van der Waals surface area (Å²) in [5.74, 6) is -0.248. The van der Waals surface area contributed by atoms with E-state index < -0.39 is 5.97 Å². The number of benzene rings is 1. The number of halogens is 1. The Morgan fingerprint density at radius 3 is 2.68 bits per heavy atom.